The second-order valence-corrected chi connectivity index (χ2v) is 5.88. The number of anilines is 1. The van der Waals surface area contributed by atoms with Crippen LogP contribution in [-0.2, 0) is 10.0 Å². The molecule has 20 heavy (non-hydrogen) atoms. The monoisotopic (exact) mass is 295 g/mol. The van der Waals surface area contributed by atoms with Gasteiger partial charge in [0.05, 0.1) is 11.1 Å². The number of hydrogen-bond acceptors (Lipinski definition) is 5. The zero-order valence-electron chi connectivity index (χ0n) is 10.9. The summed E-state index contributed by atoms with van der Waals surface area (Å²) in [6.45, 7) is 3.36. The minimum absolute atomic E-state index is 0.0103. The number of nitrogens with two attached hydrogens (primary N) is 1. The summed E-state index contributed by atoms with van der Waals surface area (Å²) >= 11 is 0. The number of hydrogen-bond donors (Lipinski definition) is 2. The lowest BCUT2D eigenvalue weighted by molar-refractivity contribution is 0.0987. The van der Waals surface area contributed by atoms with Crippen LogP contribution in [0.3, 0.4) is 0 Å². The molecule has 0 bridgehead atoms. The molecule has 0 radical (unpaired) electrons. The summed E-state index contributed by atoms with van der Waals surface area (Å²) in [5, 5.41) is 11.2. The van der Waals surface area contributed by atoms with E-state index in [2.05, 4.69) is 10.5 Å². The molecular weight excluding hydrogens is 282 g/mol. The maximum Gasteiger partial charge on any atom is 0.294 e. The molecule has 0 saturated heterocycles. The average Bonchev–Trinajstić information content (AvgIpc) is 2.76. The molecule has 0 saturated carbocycles. The van der Waals surface area contributed by atoms with Crippen molar-refractivity contribution in [2.24, 2.45) is 5.14 Å². The molecule has 2 rings (SSSR count). The summed E-state index contributed by atoms with van der Waals surface area (Å²) in [6.07, 6.45) is 1.44. The lowest BCUT2D eigenvalue weighted by Crippen LogP contribution is -2.15. The number of sulfonamides is 1. The molecule has 3 N–H and O–H groups in total. The molecule has 7 nitrogen and oxygen atoms in total. The molecule has 0 aliphatic rings. The number of carbonyl (C=O) groups is 1. The molecule has 0 spiro atoms. The van der Waals surface area contributed by atoms with E-state index in [1.165, 1.54) is 24.4 Å². The molecule has 2 aromatic rings. The van der Waals surface area contributed by atoms with Crippen molar-refractivity contribution in [1.82, 2.24) is 5.16 Å². The van der Waals surface area contributed by atoms with Gasteiger partial charge in [-0.25, -0.2) is 13.6 Å². The van der Waals surface area contributed by atoms with Crippen LogP contribution >= 0.6 is 0 Å². The summed E-state index contributed by atoms with van der Waals surface area (Å²) in [7, 11) is -3.76. The van der Waals surface area contributed by atoms with E-state index in [0.29, 0.717) is 16.8 Å². The van der Waals surface area contributed by atoms with Crippen molar-refractivity contribution >= 4 is 21.6 Å². The summed E-state index contributed by atoms with van der Waals surface area (Å²) in [5.74, 6) is -0.341. The van der Waals surface area contributed by atoms with Gasteiger partial charge in [-0.1, -0.05) is 5.16 Å². The van der Waals surface area contributed by atoms with Crippen molar-refractivity contribution in [3.05, 3.63) is 41.3 Å². The molecule has 1 aromatic heterocycles. The van der Waals surface area contributed by atoms with Gasteiger partial charge in [-0.15, -0.1) is 0 Å². The average molecular weight is 295 g/mol. The SMILES string of the molecule is Cc1cc(S(N)(=O)=O)ccc1NC(=O)c1oncc1C. The Hall–Kier alpha value is -2.19. The molecule has 0 unspecified atom stereocenters. The van der Waals surface area contributed by atoms with Gasteiger partial charge in [-0.3, -0.25) is 4.79 Å². The number of carbonyl (C=O) groups excluding carboxylic acids is 1. The molecule has 0 fully saturated rings. The van der Waals surface area contributed by atoms with Crippen molar-refractivity contribution in [1.29, 1.82) is 0 Å². The molecule has 1 amide bonds. The van der Waals surface area contributed by atoms with Gasteiger partial charge in [0.15, 0.2) is 0 Å². The zero-order valence-corrected chi connectivity index (χ0v) is 11.7. The van der Waals surface area contributed by atoms with Crippen LogP contribution < -0.4 is 10.5 Å². The minimum Gasteiger partial charge on any atom is -0.351 e. The fraction of sp³-hybridized carbons (Fsp3) is 0.167. The van der Waals surface area contributed by atoms with Crippen LogP contribution in [-0.4, -0.2) is 19.5 Å². The van der Waals surface area contributed by atoms with Gasteiger partial charge in [0, 0.05) is 11.3 Å². The predicted octanol–water partition coefficient (Wildman–Crippen LogP) is 1.19. The fourth-order valence-corrected chi connectivity index (χ4v) is 2.24. The highest BCUT2D eigenvalue weighted by molar-refractivity contribution is 7.89. The van der Waals surface area contributed by atoms with Crippen molar-refractivity contribution in [2.75, 3.05) is 5.32 Å². The third kappa shape index (κ3) is 2.86. The molecule has 0 atom stereocenters. The summed E-state index contributed by atoms with van der Waals surface area (Å²) in [6, 6.07) is 4.18. The number of rotatable bonds is 3. The highest BCUT2D eigenvalue weighted by Crippen LogP contribution is 2.20. The molecule has 1 aromatic carbocycles. The Balaban J connectivity index is 2.27. The van der Waals surface area contributed by atoms with E-state index < -0.39 is 15.9 Å². The Morgan fingerprint density at radius 2 is 2.00 bits per heavy atom. The Labute approximate surface area is 115 Å². The van der Waals surface area contributed by atoms with Crippen LogP contribution in [0.1, 0.15) is 21.7 Å². The molecular formula is C12H13N3O4S. The topological polar surface area (TPSA) is 115 Å². The number of aryl methyl sites for hydroxylation is 2. The summed E-state index contributed by atoms with van der Waals surface area (Å²) < 4.78 is 27.3. The number of benzene rings is 1. The lowest BCUT2D eigenvalue weighted by Gasteiger charge is -2.08. The first kappa shape index (κ1) is 14.2. The fourth-order valence-electron chi connectivity index (χ4n) is 1.64. The summed E-state index contributed by atoms with van der Waals surface area (Å²) in [5.41, 5.74) is 1.65. The number of amides is 1. The van der Waals surface area contributed by atoms with Crippen LogP contribution in [0.5, 0.6) is 0 Å². The van der Waals surface area contributed by atoms with Gasteiger partial charge < -0.3 is 9.84 Å². The van der Waals surface area contributed by atoms with E-state index in [1.54, 1.807) is 13.8 Å². The van der Waals surface area contributed by atoms with Gasteiger partial charge in [-0.05, 0) is 37.6 Å². The van der Waals surface area contributed by atoms with E-state index in [1.807, 2.05) is 0 Å². The first-order valence-electron chi connectivity index (χ1n) is 5.65. The number of primary sulfonamides is 1. The van der Waals surface area contributed by atoms with Gasteiger partial charge in [-0.2, -0.15) is 0 Å². The number of nitrogens with one attached hydrogen (secondary N) is 1. The van der Waals surface area contributed by atoms with Crippen molar-refractivity contribution in [3.63, 3.8) is 0 Å². The second-order valence-electron chi connectivity index (χ2n) is 4.31. The third-order valence-electron chi connectivity index (χ3n) is 2.73. The number of nitrogens with zero attached hydrogens (tertiary/aromatic N) is 1. The maximum atomic E-state index is 11.9. The Bertz CT molecular complexity index is 765. The normalized spacial score (nSPS) is 11.3. The molecule has 0 aliphatic heterocycles. The van der Waals surface area contributed by atoms with E-state index in [4.69, 9.17) is 9.66 Å². The van der Waals surface area contributed by atoms with Gasteiger partial charge in [0.25, 0.3) is 5.91 Å². The smallest absolute Gasteiger partial charge is 0.294 e. The quantitative estimate of drug-likeness (QED) is 0.882. The van der Waals surface area contributed by atoms with E-state index in [-0.39, 0.29) is 10.7 Å². The van der Waals surface area contributed by atoms with Crippen LogP contribution in [0, 0.1) is 13.8 Å². The Morgan fingerprint density at radius 3 is 2.50 bits per heavy atom. The third-order valence-corrected chi connectivity index (χ3v) is 3.64. The van der Waals surface area contributed by atoms with Crippen LogP contribution in [0.2, 0.25) is 0 Å². The van der Waals surface area contributed by atoms with Gasteiger partial charge in [0.1, 0.15) is 0 Å². The van der Waals surface area contributed by atoms with Crippen molar-refractivity contribution in [2.45, 2.75) is 18.7 Å². The largest absolute Gasteiger partial charge is 0.351 e. The van der Waals surface area contributed by atoms with Crippen LogP contribution in [0.25, 0.3) is 0 Å². The molecule has 1 heterocycles. The first-order valence-corrected chi connectivity index (χ1v) is 7.20. The lowest BCUT2D eigenvalue weighted by atomic mass is 10.2. The van der Waals surface area contributed by atoms with E-state index in [9.17, 15) is 13.2 Å². The second kappa shape index (κ2) is 5.06. The molecule has 8 heteroatoms. The van der Waals surface area contributed by atoms with Crippen LogP contribution in [0.4, 0.5) is 5.69 Å². The number of aromatic nitrogens is 1. The maximum absolute atomic E-state index is 11.9. The summed E-state index contributed by atoms with van der Waals surface area (Å²) in [4.78, 5) is 11.9. The zero-order chi connectivity index (χ0) is 14.9. The minimum atomic E-state index is -3.76. The predicted molar refractivity (Wildman–Crippen MR) is 71.7 cm³/mol. The van der Waals surface area contributed by atoms with Crippen LogP contribution in [0.15, 0.2) is 33.8 Å². The van der Waals surface area contributed by atoms with Crippen molar-refractivity contribution in [3.8, 4) is 0 Å². The molecule has 0 aliphatic carbocycles. The highest BCUT2D eigenvalue weighted by Gasteiger charge is 2.16. The molecule has 106 valence electrons. The highest BCUT2D eigenvalue weighted by atomic mass is 32.2. The van der Waals surface area contributed by atoms with Gasteiger partial charge in [0.2, 0.25) is 15.8 Å². The Morgan fingerprint density at radius 1 is 1.30 bits per heavy atom. The van der Waals surface area contributed by atoms with Gasteiger partial charge >= 0.3 is 0 Å². The standard InChI is InChI=1S/C12H13N3O4S/c1-7-5-9(20(13,17)18)3-4-10(7)15-12(16)11-8(2)6-14-19-11/h3-6H,1-2H3,(H,15,16)(H2,13,17,18). The van der Waals surface area contributed by atoms with E-state index >= 15 is 0 Å². The first-order chi connectivity index (χ1) is 9.29. The Kier molecular flexibility index (Phi) is 3.60. The van der Waals surface area contributed by atoms with Crippen molar-refractivity contribution < 1.29 is 17.7 Å². The van der Waals surface area contributed by atoms with E-state index in [0.717, 1.165) is 0 Å².